The number of aromatic amines is 1. The Bertz CT molecular complexity index is 1050. The summed E-state index contributed by atoms with van der Waals surface area (Å²) in [4.78, 5) is 27.8. The minimum absolute atomic E-state index is 0.165. The van der Waals surface area contributed by atoms with E-state index < -0.39 is 0 Å². The molecular weight excluding hydrogens is 346 g/mol. The number of rotatable bonds is 5. The molecule has 3 aromatic rings. The van der Waals surface area contributed by atoms with Crippen molar-refractivity contribution in [3.8, 4) is 0 Å². The van der Waals surface area contributed by atoms with Crippen LogP contribution >= 0.6 is 12.2 Å². The van der Waals surface area contributed by atoms with Gasteiger partial charge in [-0.2, -0.15) is 0 Å². The second-order valence-corrected chi connectivity index (χ2v) is 6.67. The van der Waals surface area contributed by atoms with Crippen LogP contribution in [0.15, 0.2) is 53.3 Å². The zero-order valence-electron chi connectivity index (χ0n) is 14.8. The maximum atomic E-state index is 12.5. The topological polar surface area (TPSA) is 66.9 Å². The normalized spacial score (nSPS) is 12.1. The predicted octanol–water partition coefficient (Wildman–Crippen LogP) is 3.52. The molecule has 2 aromatic carbocycles. The van der Waals surface area contributed by atoms with E-state index in [1.54, 1.807) is 25.2 Å². The van der Waals surface area contributed by atoms with Crippen LogP contribution in [-0.4, -0.2) is 22.0 Å². The van der Waals surface area contributed by atoms with Crippen molar-refractivity contribution < 1.29 is 4.79 Å². The fraction of sp³-hybridized carbons (Fsp3) is 0.250. The molecule has 2 N–H and O–H groups in total. The van der Waals surface area contributed by atoms with Gasteiger partial charge >= 0.3 is 0 Å². The minimum atomic E-state index is -0.175. The number of carbonyl (C=O) groups is 1. The molecule has 1 heterocycles. The Kier molecular flexibility index (Phi) is 5.32. The number of amides is 1. The maximum Gasteiger partial charge on any atom is 0.261 e. The number of hydrogen-bond acceptors (Lipinski definition) is 3. The summed E-state index contributed by atoms with van der Waals surface area (Å²) in [6, 6.07) is 15.1. The van der Waals surface area contributed by atoms with Gasteiger partial charge < -0.3 is 10.3 Å². The molecule has 26 heavy (non-hydrogen) atoms. The molecular formula is C20H21N3O2S. The lowest BCUT2D eigenvalue weighted by Gasteiger charge is -2.16. The van der Waals surface area contributed by atoms with Gasteiger partial charge in [0.25, 0.3) is 11.5 Å². The van der Waals surface area contributed by atoms with Crippen LogP contribution in [0.2, 0.25) is 0 Å². The standard InChI is InChI=1S/C20H21N3O2S/c1-3-13(14-7-5-4-6-8-14)12-21-18(24)15-9-10-16-17(11-15)22-20(26)23(2)19(16)25/h4-11,13H,3,12H2,1-2H3,(H,21,24)(H,22,26)/t13-/m1/s1. The molecule has 0 saturated carbocycles. The summed E-state index contributed by atoms with van der Waals surface area (Å²) in [5, 5.41) is 3.50. The van der Waals surface area contributed by atoms with Gasteiger partial charge in [0.05, 0.1) is 10.9 Å². The molecule has 1 aromatic heterocycles. The van der Waals surface area contributed by atoms with Crippen molar-refractivity contribution in [1.29, 1.82) is 0 Å². The van der Waals surface area contributed by atoms with Crippen molar-refractivity contribution in [3.63, 3.8) is 0 Å². The first-order chi connectivity index (χ1) is 12.5. The van der Waals surface area contributed by atoms with Gasteiger partial charge in [-0.15, -0.1) is 0 Å². The van der Waals surface area contributed by atoms with E-state index in [4.69, 9.17) is 12.2 Å². The molecule has 5 nitrogen and oxygen atoms in total. The second-order valence-electron chi connectivity index (χ2n) is 6.28. The third-order valence-corrected chi connectivity index (χ3v) is 5.01. The number of nitrogens with zero attached hydrogens (tertiary/aromatic N) is 1. The highest BCUT2D eigenvalue weighted by Gasteiger charge is 2.13. The molecule has 0 unspecified atom stereocenters. The van der Waals surface area contributed by atoms with E-state index in [-0.39, 0.29) is 17.4 Å². The Balaban J connectivity index is 1.81. The van der Waals surface area contributed by atoms with Gasteiger partial charge in [0.1, 0.15) is 0 Å². The van der Waals surface area contributed by atoms with Crippen LogP contribution in [0.4, 0.5) is 0 Å². The molecule has 134 valence electrons. The molecule has 0 aliphatic carbocycles. The van der Waals surface area contributed by atoms with Crippen LogP contribution < -0.4 is 10.9 Å². The van der Waals surface area contributed by atoms with Gasteiger partial charge in [0.2, 0.25) is 0 Å². The summed E-state index contributed by atoms with van der Waals surface area (Å²) in [5.74, 6) is 0.0972. The molecule has 0 aliphatic heterocycles. The molecule has 0 fully saturated rings. The fourth-order valence-electron chi connectivity index (χ4n) is 2.99. The first-order valence-corrected chi connectivity index (χ1v) is 8.98. The lowest BCUT2D eigenvalue weighted by molar-refractivity contribution is 0.0951. The highest BCUT2D eigenvalue weighted by atomic mass is 32.1. The number of fused-ring (bicyclic) bond motifs is 1. The minimum Gasteiger partial charge on any atom is -0.351 e. The van der Waals surface area contributed by atoms with Crippen LogP contribution in [-0.2, 0) is 7.05 Å². The number of hydrogen-bond donors (Lipinski definition) is 2. The summed E-state index contributed by atoms with van der Waals surface area (Å²) in [6.45, 7) is 2.67. The third-order valence-electron chi connectivity index (χ3n) is 4.64. The largest absolute Gasteiger partial charge is 0.351 e. The summed E-state index contributed by atoms with van der Waals surface area (Å²) in [7, 11) is 1.62. The van der Waals surface area contributed by atoms with Crippen molar-refractivity contribution in [2.75, 3.05) is 6.54 Å². The van der Waals surface area contributed by atoms with Crippen LogP contribution in [0.1, 0.15) is 35.2 Å². The average Bonchev–Trinajstić information content (AvgIpc) is 2.67. The Morgan fingerprint density at radius 1 is 1.23 bits per heavy atom. The molecule has 3 rings (SSSR count). The lowest BCUT2D eigenvalue weighted by Crippen LogP contribution is -2.28. The molecule has 1 amide bonds. The zero-order valence-corrected chi connectivity index (χ0v) is 15.6. The van der Waals surface area contributed by atoms with E-state index in [9.17, 15) is 9.59 Å². The van der Waals surface area contributed by atoms with E-state index >= 15 is 0 Å². The van der Waals surface area contributed by atoms with Gasteiger partial charge in [0.15, 0.2) is 4.77 Å². The van der Waals surface area contributed by atoms with Crippen molar-refractivity contribution in [3.05, 3.63) is 74.8 Å². The van der Waals surface area contributed by atoms with Gasteiger partial charge in [-0.1, -0.05) is 37.3 Å². The molecule has 6 heteroatoms. The first kappa shape index (κ1) is 18.1. The average molecular weight is 367 g/mol. The number of carbonyl (C=O) groups excluding carboxylic acids is 1. The van der Waals surface area contributed by atoms with E-state index in [1.165, 1.54) is 10.1 Å². The zero-order chi connectivity index (χ0) is 18.7. The molecule has 0 saturated heterocycles. The molecule has 0 radical (unpaired) electrons. The van der Waals surface area contributed by atoms with Gasteiger partial charge in [-0.3, -0.25) is 14.2 Å². The van der Waals surface area contributed by atoms with E-state index in [0.717, 1.165) is 6.42 Å². The Hall–Kier alpha value is -2.73. The van der Waals surface area contributed by atoms with Crippen molar-refractivity contribution >= 4 is 29.0 Å². The van der Waals surface area contributed by atoms with Gasteiger partial charge in [0, 0.05) is 25.1 Å². The monoisotopic (exact) mass is 367 g/mol. The van der Waals surface area contributed by atoms with Crippen LogP contribution in [0.25, 0.3) is 10.9 Å². The molecule has 0 aliphatic rings. The Labute approximate surface area is 156 Å². The fourth-order valence-corrected chi connectivity index (χ4v) is 3.18. The Morgan fingerprint density at radius 3 is 2.65 bits per heavy atom. The molecule has 1 atom stereocenters. The third kappa shape index (κ3) is 3.60. The van der Waals surface area contributed by atoms with Gasteiger partial charge in [-0.05, 0) is 42.4 Å². The number of nitrogens with one attached hydrogen (secondary N) is 2. The summed E-state index contributed by atoms with van der Waals surface area (Å²) >= 11 is 5.14. The summed E-state index contributed by atoms with van der Waals surface area (Å²) in [6.07, 6.45) is 0.936. The second kappa shape index (κ2) is 7.66. The maximum absolute atomic E-state index is 12.5. The first-order valence-electron chi connectivity index (χ1n) is 8.57. The van der Waals surface area contributed by atoms with Crippen molar-refractivity contribution in [1.82, 2.24) is 14.9 Å². The predicted molar refractivity (Wildman–Crippen MR) is 106 cm³/mol. The van der Waals surface area contributed by atoms with Crippen LogP contribution in [0.5, 0.6) is 0 Å². The van der Waals surface area contributed by atoms with E-state index in [1.807, 2.05) is 18.2 Å². The molecule has 0 bridgehead atoms. The number of benzene rings is 2. The van der Waals surface area contributed by atoms with E-state index in [2.05, 4.69) is 29.4 Å². The quantitative estimate of drug-likeness (QED) is 0.678. The SMILES string of the molecule is CC[C@H](CNC(=O)c1ccc2c(=O)n(C)c(=S)[nH]c2c1)c1ccccc1. The highest BCUT2D eigenvalue weighted by molar-refractivity contribution is 7.71. The smallest absolute Gasteiger partial charge is 0.261 e. The molecule has 0 spiro atoms. The van der Waals surface area contributed by atoms with Gasteiger partial charge in [-0.25, -0.2) is 0 Å². The Morgan fingerprint density at radius 2 is 1.96 bits per heavy atom. The van der Waals surface area contributed by atoms with Crippen LogP contribution in [0, 0.1) is 4.77 Å². The van der Waals surface area contributed by atoms with E-state index in [0.29, 0.717) is 27.8 Å². The van der Waals surface area contributed by atoms with Crippen molar-refractivity contribution in [2.24, 2.45) is 7.05 Å². The summed E-state index contributed by atoms with van der Waals surface area (Å²) < 4.78 is 1.71. The lowest BCUT2D eigenvalue weighted by atomic mass is 9.96. The number of aromatic nitrogens is 2. The van der Waals surface area contributed by atoms with Crippen molar-refractivity contribution in [2.45, 2.75) is 19.3 Å². The summed E-state index contributed by atoms with van der Waals surface area (Å²) in [5.41, 5.74) is 2.10. The number of H-pyrrole nitrogens is 1. The highest BCUT2D eigenvalue weighted by Crippen LogP contribution is 2.18. The van der Waals surface area contributed by atoms with Crippen LogP contribution in [0.3, 0.4) is 0 Å².